The Bertz CT molecular complexity index is 512. The second-order valence-electron chi connectivity index (χ2n) is 4.88. The lowest BCUT2D eigenvalue weighted by Crippen LogP contribution is -2.11. The van der Waals surface area contributed by atoms with Crippen LogP contribution in [0.25, 0.3) is 0 Å². The Labute approximate surface area is 108 Å². The van der Waals surface area contributed by atoms with Gasteiger partial charge in [0.1, 0.15) is 0 Å². The fraction of sp³-hybridized carbons (Fsp3) is 0.312. The van der Waals surface area contributed by atoms with Crippen LogP contribution in [-0.2, 0) is 0 Å². The van der Waals surface area contributed by atoms with Gasteiger partial charge in [-0.1, -0.05) is 24.3 Å². The van der Waals surface area contributed by atoms with E-state index in [1.807, 2.05) is 18.3 Å². The lowest BCUT2D eigenvalue weighted by atomic mass is 9.96. The molecular weight excluding hydrogens is 220 g/mol. The highest BCUT2D eigenvalue weighted by Crippen LogP contribution is 2.32. The summed E-state index contributed by atoms with van der Waals surface area (Å²) in [5, 5.41) is 3.56. The number of allylic oxidation sites excluding steroid dienone is 4. The molecular formula is C16H18N2. The van der Waals surface area contributed by atoms with E-state index in [4.69, 9.17) is 0 Å². The van der Waals surface area contributed by atoms with E-state index in [2.05, 4.69) is 40.7 Å². The van der Waals surface area contributed by atoms with E-state index in [-0.39, 0.29) is 0 Å². The zero-order valence-corrected chi connectivity index (χ0v) is 10.5. The third-order valence-electron chi connectivity index (χ3n) is 3.60. The molecule has 1 aliphatic carbocycles. The summed E-state index contributed by atoms with van der Waals surface area (Å²) in [4.78, 5) is 4.47. The number of rotatable bonds is 1. The van der Waals surface area contributed by atoms with Crippen LogP contribution in [0.15, 0.2) is 53.2 Å². The van der Waals surface area contributed by atoms with Crippen molar-refractivity contribution in [3.8, 4) is 0 Å². The van der Waals surface area contributed by atoms with Crippen LogP contribution in [-0.4, -0.2) is 6.21 Å². The average Bonchev–Trinajstić information content (AvgIpc) is 2.79. The van der Waals surface area contributed by atoms with Crippen LogP contribution in [0.1, 0.15) is 25.7 Å². The van der Waals surface area contributed by atoms with Gasteiger partial charge >= 0.3 is 0 Å². The molecule has 3 rings (SSSR count). The highest BCUT2D eigenvalue weighted by atomic mass is 14.9. The molecule has 1 unspecified atom stereocenters. The van der Waals surface area contributed by atoms with E-state index in [9.17, 15) is 0 Å². The normalized spacial score (nSPS) is 22.4. The van der Waals surface area contributed by atoms with Gasteiger partial charge in [0.15, 0.2) is 0 Å². The van der Waals surface area contributed by atoms with Crippen molar-refractivity contribution in [1.82, 2.24) is 0 Å². The summed E-state index contributed by atoms with van der Waals surface area (Å²) < 4.78 is 0. The Morgan fingerprint density at radius 1 is 1.17 bits per heavy atom. The predicted octanol–water partition coefficient (Wildman–Crippen LogP) is 4.44. The number of aliphatic imine (C=N–C) groups is 1. The number of hydrogen-bond acceptors (Lipinski definition) is 2. The fourth-order valence-electron chi connectivity index (χ4n) is 2.59. The minimum absolute atomic E-state index is 0.598. The zero-order chi connectivity index (χ0) is 12.2. The minimum atomic E-state index is 0.598. The Hall–Kier alpha value is -1.83. The van der Waals surface area contributed by atoms with Gasteiger partial charge in [-0.2, -0.15) is 0 Å². The van der Waals surface area contributed by atoms with Crippen molar-refractivity contribution in [2.75, 3.05) is 5.32 Å². The first-order valence-corrected chi connectivity index (χ1v) is 6.69. The molecule has 1 aliphatic heterocycles. The third kappa shape index (κ3) is 2.37. The van der Waals surface area contributed by atoms with Crippen LogP contribution in [0.5, 0.6) is 0 Å². The van der Waals surface area contributed by atoms with Crippen molar-refractivity contribution in [3.05, 3.63) is 48.2 Å². The van der Waals surface area contributed by atoms with Gasteiger partial charge in [0.05, 0.1) is 11.4 Å². The van der Waals surface area contributed by atoms with Crippen LogP contribution >= 0.6 is 0 Å². The molecule has 0 spiro atoms. The topological polar surface area (TPSA) is 24.4 Å². The number of benzene rings is 1. The molecule has 0 fully saturated rings. The molecule has 2 aliphatic rings. The lowest BCUT2D eigenvalue weighted by Gasteiger charge is -2.19. The van der Waals surface area contributed by atoms with Crippen LogP contribution in [0.4, 0.5) is 11.4 Å². The van der Waals surface area contributed by atoms with Crippen molar-refractivity contribution in [2.45, 2.75) is 25.7 Å². The summed E-state index contributed by atoms with van der Waals surface area (Å²) in [6.45, 7) is 0. The van der Waals surface area contributed by atoms with Crippen molar-refractivity contribution in [2.24, 2.45) is 10.9 Å². The largest absolute Gasteiger partial charge is 0.357 e. The molecule has 0 bridgehead atoms. The van der Waals surface area contributed by atoms with Gasteiger partial charge in [0, 0.05) is 17.8 Å². The van der Waals surface area contributed by atoms with E-state index in [1.165, 1.54) is 25.0 Å². The lowest BCUT2D eigenvalue weighted by molar-refractivity contribution is 0.561. The molecule has 2 nitrogen and oxygen atoms in total. The molecule has 92 valence electrons. The van der Waals surface area contributed by atoms with Crippen LogP contribution in [0.2, 0.25) is 0 Å². The molecule has 1 aromatic carbocycles. The molecule has 1 N–H and O–H groups in total. The van der Waals surface area contributed by atoms with E-state index in [0.717, 1.165) is 17.8 Å². The molecule has 0 saturated heterocycles. The molecule has 0 amide bonds. The van der Waals surface area contributed by atoms with Crippen molar-refractivity contribution in [3.63, 3.8) is 0 Å². The molecule has 18 heavy (non-hydrogen) atoms. The van der Waals surface area contributed by atoms with Crippen molar-refractivity contribution < 1.29 is 0 Å². The Morgan fingerprint density at radius 2 is 2.11 bits per heavy atom. The van der Waals surface area contributed by atoms with E-state index < -0.39 is 0 Å². The highest BCUT2D eigenvalue weighted by molar-refractivity contribution is 5.83. The Morgan fingerprint density at radius 3 is 3.11 bits per heavy atom. The summed E-state index contributed by atoms with van der Waals surface area (Å²) in [6, 6.07) is 8.22. The second-order valence-corrected chi connectivity index (χ2v) is 4.88. The van der Waals surface area contributed by atoms with Gasteiger partial charge < -0.3 is 5.32 Å². The first-order chi connectivity index (χ1) is 8.93. The molecule has 0 radical (unpaired) electrons. The van der Waals surface area contributed by atoms with E-state index in [1.54, 1.807) is 0 Å². The maximum Gasteiger partial charge on any atom is 0.0864 e. The molecule has 2 heteroatoms. The van der Waals surface area contributed by atoms with E-state index in [0.29, 0.717) is 5.92 Å². The van der Waals surface area contributed by atoms with Gasteiger partial charge in [-0.15, -0.1) is 0 Å². The quantitative estimate of drug-likeness (QED) is 0.718. The number of para-hydroxylation sites is 2. The van der Waals surface area contributed by atoms with Crippen molar-refractivity contribution in [1.29, 1.82) is 0 Å². The summed E-state index contributed by atoms with van der Waals surface area (Å²) in [6.07, 6.45) is 13.5. The highest BCUT2D eigenvalue weighted by Gasteiger charge is 2.16. The van der Waals surface area contributed by atoms with Gasteiger partial charge in [-0.25, -0.2) is 0 Å². The first-order valence-electron chi connectivity index (χ1n) is 6.69. The number of nitrogens with zero attached hydrogens (tertiary/aromatic N) is 1. The van der Waals surface area contributed by atoms with Gasteiger partial charge in [-0.05, 0) is 43.9 Å². The summed E-state index contributed by atoms with van der Waals surface area (Å²) in [7, 11) is 0. The molecule has 0 aromatic heterocycles. The van der Waals surface area contributed by atoms with Crippen LogP contribution in [0.3, 0.4) is 0 Å². The van der Waals surface area contributed by atoms with E-state index >= 15 is 0 Å². The smallest absolute Gasteiger partial charge is 0.0864 e. The molecule has 1 atom stereocenters. The number of anilines is 1. The standard InChI is InChI=1S/C16H18N2/c1-2-4-8-13(7-3-1)14-11-12-17-15-9-5-6-10-16(15)18-14/h1,3,5-6,9-13,18H,2,4,7-8H2. The number of hydrogen-bond donors (Lipinski definition) is 1. The predicted molar refractivity (Wildman–Crippen MR) is 77.4 cm³/mol. The zero-order valence-electron chi connectivity index (χ0n) is 10.5. The number of nitrogens with one attached hydrogen (secondary N) is 1. The Balaban J connectivity index is 1.84. The summed E-state index contributed by atoms with van der Waals surface area (Å²) >= 11 is 0. The Kier molecular flexibility index (Phi) is 3.26. The first kappa shape index (κ1) is 11.3. The SMILES string of the molecule is C1=CCC(C2=CC=Nc3ccccc3N2)CCC1. The second kappa shape index (κ2) is 5.21. The van der Waals surface area contributed by atoms with Crippen LogP contribution in [0, 0.1) is 5.92 Å². The fourth-order valence-corrected chi connectivity index (χ4v) is 2.59. The maximum atomic E-state index is 4.47. The molecule has 1 heterocycles. The monoisotopic (exact) mass is 238 g/mol. The summed E-state index contributed by atoms with van der Waals surface area (Å²) in [5.74, 6) is 0.598. The molecule has 0 saturated carbocycles. The van der Waals surface area contributed by atoms with Crippen LogP contribution < -0.4 is 5.32 Å². The minimum Gasteiger partial charge on any atom is -0.357 e. The third-order valence-corrected chi connectivity index (χ3v) is 3.60. The van der Waals surface area contributed by atoms with Gasteiger partial charge in [0.2, 0.25) is 0 Å². The number of fused-ring (bicyclic) bond motifs is 1. The molecule has 1 aromatic rings. The van der Waals surface area contributed by atoms with Crippen molar-refractivity contribution >= 4 is 17.6 Å². The average molecular weight is 238 g/mol. The van der Waals surface area contributed by atoms with Gasteiger partial charge in [0.25, 0.3) is 0 Å². The summed E-state index contributed by atoms with van der Waals surface area (Å²) in [5.41, 5.74) is 3.44. The van der Waals surface area contributed by atoms with Gasteiger partial charge in [-0.3, -0.25) is 4.99 Å². The maximum absolute atomic E-state index is 4.47.